The Balaban J connectivity index is 2.89. The lowest BCUT2D eigenvalue weighted by Gasteiger charge is -2.08. The molecule has 104 valence electrons. The van der Waals surface area contributed by atoms with Crippen LogP contribution < -0.4 is 4.74 Å². The van der Waals surface area contributed by atoms with E-state index in [0.717, 1.165) is 0 Å². The van der Waals surface area contributed by atoms with Gasteiger partial charge in [0.1, 0.15) is 12.4 Å². The molecular weight excluding hydrogens is 258 g/mol. The molecular formula is C13H14F2O4. The summed E-state index contributed by atoms with van der Waals surface area (Å²) in [6, 6.07) is 4.22. The first-order chi connectivity index (χ1) is 8.93. The maximum Gasteiger partial charge on any atom is 0.379 e. The number of carbonyl (C=O) groups excluding carboxylic acids is 2. The first kappa shape index (κ1) is 15.1. The summed E-state index contributed by atoms with van der Waals surface area (Å²) < 4.78 is 33.5. The normalized spacial score (nSPS) is 10.4. The number of ketones is 1. The zero-order chi connectivity index (χ0) is 14.4. The number of hydrogen-bond donors (Lipinski definition) is 0. The first-order valence-electron chi connectivity index (χ1n) is 5.68. The lowest BCUT2D eigenvalue weighted by Crippen LogP contribution is -2.18. The molecule has 1 aromatic rings. The first-order valence-corrected chi connectivity index (χ1v) is 5.68. The summed E-state index contributed by atoms with van der Waals surface area (Å²) in [6.45, 7) is 2.57. The molecule has 0 aromatic heterocycles. The average molecular weight is 272 g/mol. The molecule has 0 aliphatic heterocycles. The van der Waals surface area contributed by atoms with Crippen LogP contribution in [-0.4, -0.2) is 31.4 Å². The fourth-order valence-electron chi connectivity index (χ4n) is 1.44. The number of Topliss-reactive ketones (excluding diaryl/α,β-unsaturated/α-hetero) is 1. The molecule has 0 amide bonds. The third kappa shape index (κ3) is 4.65. The van der Waals surface area contributed by atoms with E-state index in [1.807, 2.05) is 0 Å². The summed E-state index contributed by atoms with van der Waals surface area (Å²) in [5.74, 6) is -1.69. The summed E-state index contributed by atoms with van der Waals surface area (Å²) in [5, 5.41) is 0. The molecule has 4 nitrogen and oxygen atoms in total. The second kappa shape index (κ2) is 6.82. The highest BCUT2D eigenvalue weighted by Gasteiger charge is 2.18. The van der Waals surface area contributed by atoms with E-state index in [0.29, 0.717) is 5.56 Å². The van der Waals surface area contributed by atoms with Crippen LogP contribution in [0, 0.1) is 6.92 Å². The second-order valence-electron chi connectivity index (χ2n) is 3.79. The predicted molar refractivity (Wildman–Crippen MR) is 63.6 cm³/mol. The van der Waals surface area contributed by atoms with E-state index >= 15 is 0 Å². The lowest BCUT2D eigenvalue weighted by atomic mass is 10.1. The monoisotopic (exact) mass is 272 g/mol. The molecule has 0 bridgehead atoms. The third-order valence-electron chi connectivity index (χ3n) is 2.15. The van der Waals surface area contributed by atoms with E-state index in [2.05, 4.69) is 4.74 Å². The van der Waals surface area contributed by atoms with Gasteiger partial charge in [-0.3, -0.25) is 4.79 Å². The van der Waals surface area contributed by atoms with Crippen LogP contribution in [-0.2, 0) is 9.53 Å². The molecule has 0 aliphatic rings. The van der Waals surface area contributed by atoms with Gasteiger partial charge in [-0.25, -0.2) is 13.6 Å². The van der Waals surface area contributed by atoms with Gasteiger partial charge in [0.05, 0.1) is 6.61 Å². The molecule has 0 saturated carbocycles. The Kier molecular flexibility index (Phi) is 5.41. The highest BCUT2D eigenvalue weighted by molar-refractivity contribution is 6.40. The number of hydrogen-bond acceptors (Lipinski definition) is 4. The van der Waals surface area contributed by atoms with Crippen molar-refractivity contribution in [2.24, 2.45) is 0 Å². The Morgan fingerprint density at radius 2 is 1.95 bits per heavy atom. The fourth-order valence-corrected chi connectivity index (χ4v) is 1.44. The highest BCUT2D eigenvalue weighted by Crippen LogP contribution is 2.18. The van der Waals surface area contributed by atoms with Gasteiger partial charge in [0.2, 0.25) is 0 Å². The van der Waals surface area contributed by atoms with Gasteiger partial charge in [-0.2, -0.15) is 0 Å². The molecule has 0 N–H and O–H groups in total. The molecule has 0 saturated heterocycles. The minimum atomic E-state index is -2.61. The number of aryl methyl sites for hydroxylation is 1. The Morgan fingerprint density at radius 3 is 2.53 bits per heavy atom. The van der Waals surface area contributed by atoms with Crippen molar-refractivity contribution in [3.05, 3.63) is 29.3 Å². The summed E-state index contributed by atoms with van der Waals surface area (Å²) in [5.41, 5.74) is 0.683. The van der Waals surface area contributed by atoms with Crippen molar-refractivity contribution in [3.63, 3.8) is 0 Å². The molecule has 6 heteroatoms. The van der Waals surface area contributed by atoms with Crippen molar-refractivity contribution in [2.45, 2.75) is 20.3 Å². The van der Waals surface area contributed by atoms with Crippen LogP contribution in [0.3, 0.4) is 0 Å². The molecule has 1 aromatic carbocycles. The number of benzene rings is 1. The van der Waals surface area contributed by atoms with Gasteiger partial charge in [-0.1, -0.05) is 0 Å². The topological polar surface area (TPSA) is 52.6 Å². The molecule has 0 aliphatic carbocycles. The number of halogens is 2. The van der Waals surface area contributed by atoms with Crippen molar-refractivity contribution >= 4 is 11.8 Å². The van der Waals surface area contributed by atoms with E-state index in [4.69, 9.17) is 4.74 Å². The van der Waals surface area contributed by atoms with Crippen molar-refractivity contribution in [1.29, 1.82) is 0 Å². The molecule has 0 unspecified atom stereocenters. The number of ether oxygens (including phenoxy) is 2. The molecule has 0 fully saturated rings. The van der Waals surface area contributed by atoms with Gasteiger partial charge in [-0.15, -0.1) is 0 Å². The van der Waals surface area contributed by atoms with Gasteiger partial charge in [0.15, 0.2) is 0 Å². The fraction of sp³-hybridized carbons (Fsp3) is 0.385. The highest BCUT2D eigenvalue weighted by atomic mass is 19.3. The standard InChI is InChI=1S/C13H14F2O4/c1-3-18-13(17)12(16)9-4-8(2)5-10(6-9)19-7-11(14)15/h4-6,11H,3,7H2,1-2H3. The van der Waals surface area contributed by atoms with E-state index in [9.17, 15) is 18.4 Å². The van der Waals surface area contributed by atoms with Crippen LogP contribution in [0.15, 0.2) is 18.2 Å². The average Bonchev–Trinajstić information content (AvgIpc) is 2.35. The largest absolute Gasteiger partial charge is 0.488 e. The maximum atomic E-state index is 12.0. The van der Waals surface area contributed by atoms with Crippen LogP contribution in [0.2, 0.25) is 0 Å². The molecule has 0 heterocycles. The Bertz CT molecular complexity index is 472. The zero-order valence-electron chi connectivity index (χ0n) is 10.6. The van der Waals surface area contributed by atoms with Crippen LogP contribution >= 0.6 is 0 Å². The Hall–Kier alpha value is -1.98. The molecule has 0 radical (unpaired) electrons. The van der Waals surface area contributed by atoms with Crippen LogP contribution in [0.4, 0.5) is 8.78 Å². The summed E-state index contributed by atoms with van der Waals surface area (Å²) >= 11 is 0. The van der Waals surface area contributed by atoms with Crippen molar-refractivity contribution in [3.8, 4) is 5.75 Å². The second-order valence-corrected chi connectivity index (χ2v) is 3.79. The van der Waals surface area contributed by atoms with Crippen molar-refractivity contribution in [1.82, 2.24) is 0 Å². The molecule has 0 spiro atoms. The van der Waals surface area contributed by atoms with Gasteiger partial charge < -0.3 is 9.47 Å². The van der Waals surface area contributed by atoms with Crippen LogP contribution in [0.5, 0.6) is 5.75 Å². The van der Waals surface area contributed by atoms with E-state index in [1.54, 1.807) is 13.8 Å². The van der Waals surface area contributed by atoms with E-state index < -0.39 is 24.8 Å². The lowest BCUT2D eigenvalue weighted by molar-refractivity contribution is -0.137. The SMILES string of the molecule is CCOC(=O)C(=O)c1cc(C)cc(OCC(F)F)c1. The summed E-state index contributed by atoms with van der Waals surface area (Å²) in [4.78, 5) is 23.0. The predicted octanol–water partition coefficient (Wildman–Crippen LogP) is 2.38. The molecule has 0 atom stereocenters. The number of esters is 1. The van der Waals surface area contributed by atoms with Gasteiger partial charge in [0.25, 0.3) is 12.2 Å². The van der Waals surface area contributed by atoms with E-state index in [1.165, 1.54) is 18.2 Å². The Morgan fingerprint density at radius 1 is 1.26 bits per heavy atom. The number of carbonyl (C=O) groups is 2. The summed E-state index contributed by atoms with van der Waals surface area (Å²) in [7, 11) is 0. The van der Waals surface area contributed by atoms with E-state index in [-0.39, 0.29) is 17.9 Å². The molecule has 19 heavy (non-hydrogen) atoms. The number of rotatable bonds is 6. The quantitative estimate of drug-likeness (QED) is 0.453. The summed E-state index contributed by atoms with van der Waals surface area (Å²) in [6.07, 6.45) is -2.61. The van der Waals surface area contributed by atoms with Crippen LogP contribution in [0.1, 0.15) is 22.8 Å². The molecule has 1 rings (SSSR count). The maximum absolute atomic E-state index is 12.0. The van der Waals surface area contributed by atoms with Gasteiger partial charge in [0, 0.05) is 5.56 Å². The number of alkyl halides is 2. The van der Waals surface area contributed by atoms with Crippen molar-refractivity contribution < 1.29 is 27.8 Å². The van der Waals surface area contributed by atoms with Crippen molar-refractivity contribution in [2.75, 3.05) is 13.2 Å². The zero-order valence-corrected chi connectivity index (χ0v) is 10.6. The van der Waals surface area contributed by atoms with Gasteiger partial charge >= 0.3 is 5.97 Å². The Labute approximate surface area is 109 Å². The smallest absolute Gasteiger partial charge is 0.379 e. The minimum Gasteiger partial charge on any atom is -0.488 e. The van der Waals surface area contributed by atoms with Gasteiger partial charge in [-0.05, 0) is 37.6 Å². The van der Waals surface area contributed by atoms with Crippen LogP contribution in [0.25, 0.3) is 0 Å². The minimum absolute atomic E-state index is 0.0581. The third-order valence-corrected chi connectivity index (χ3v) is 2.15.